The van der Waals surface area contributed by atoms with Gasteiger partial charge in [0.1, 0.15) is 0 Å². The number of hydrogen-bond donors (Lipinski definition) is 1. The minimum atomic E-state index is -3.42. The van der Waals surface area contributed by atoms with E-state index in [1.807, 2.05) is 49.4 Å². The number of hydrogen-bond acceptors (Lipinski definition) is 3. The SMILES string of the molecule is CC1CNCCN1S(=O)(=O)c1ccc(-c2ccccc2)cc1. The summed E-state index contributed by atoms with van der Waals surface area (Å²) in [5, 5.41) is 3.21. The van der Waals surface area contributed by atoms with E-state index in [4.69, 9.17) is 0 Å². The number of benzene rings is 2. The van der Waals surface area contributed by atoms with Crippen molar-refractivity contribution in [3.63, 3.8) is 0 Å². The van der Waals surface area contributed by atoms with Crippen LogP contribution in [0.1, 0.15) is 6.92 Å². The minimum Gasteiger partial charge on any atom is -0.314 e. The molecule has 1 N–H and O–H groups in total. The van der Waals surface area contributed by atoms with Gasteiger partial charge in [-0.25, -0.2) is 8.42 Å². The number of nitrogens with one attached hydrogen (secondary N) is 1. The van der Waals surface area contributed by atoms with E-state index in [0.29, 0.717) is 24.5 Å². The molecule has 0 aliphatic carbocycles. The van der Waals surface area contributed by atoms with Crippen molar-refractivity contribution in [1.82, 2.24) is 9.62 Å². The lowest BCUT2D eigenvalue weighted by atomic mass is 10.1. The lowest BCUT2D eigenvalue weighted by molar-refractivity contribution is 0.284. The largest absolute Gasteiger partial charge is 0.314 e. The van der Waals surface area contributed by atoms with Crippen molar-refractivity contribution >= 4 is 10.0 Å². The molecule has 1 aliphatic rings. The average Bonchev–Trinajstić information content (AvgIpc) is 2.56. The maximum absolute atomic E-state index is 12.7. The molecular formula is C17H20N2O2S. The van der Waals surface area contributed by atoms with Crippen LogP contribution >= 0.6 is 0 Å². The van der Waals surface area contributed by atoms with Crippen molar-refractivity contribution in [2.24, 2.45) is 0 Å². The molecule has 116 valence electrons. The van der Waals surface area contributed by atoms with E-state index < -0.39 is 10.0 Å². The van der Waals surface area contributed by atoms with Crippen molar-refractivity contribution in [3.05, 3.63) is 54.6 Å². The highest BCUT2D eigenvalue weighted by molar-refractivity contribution is 7.89. The molecule has 4 nitrogen and oxygen atoms in total. The van der Waals surface area contributed by atoms with Crippen LogP contribution in [0.25, 0.3) is 11.1 Å². The zero-order valence-electron chi connectivity index (χ0n) is 12.6. The standard InChI is InChI=1S/C17H20N2O2S/c1-14-13-18-11-12-19(14)22(20,21)17-9-7-16(8-10-17)15-5-3-2-4-6-15/h2-10,14,18H,11-13H2,1H3. The Morgan fingerprint density at radius 2 is 1.64 bits per heavy atom. The van der Waals surface area contributed by atoms with Crippen LogP contribution in [0.15, 0.2) is 59.5 Å². The second-order valence-corrected chi connectivity index (χ2v) is 7.45. The van der Waals surface area contributed by atoms with Crippen LogP contribution in [0.3, 0.4) is 0 Å². The maximum atomic E-state index is 12.7. The van der Waals surface area contributed by atoms with Crippen LogP contribution < -0.4 is 5.32 Å². The quantitative estimate of drug-likeness (QED) is 0.945. The Kier molecular flexibility index (Phi) is 4.29. The smallest absolute Gasteiger partial charge is 0.243 e. The maximum Gasteiger partial charge on any atom is 0.243 e. The van der Waals surface area contributed by atoms with Gasteiger partial charge in [0.05, 0.1) is 4.90 Å². The van der Waals surface area contributed by atoms with E-state index in [-0.39, 0.29) is 6.04 Å². The van der Waals surface area contributed by atoms with E-state index in [1.165, 1.54) is 0 Å². The van der Waals surface area contributed by atoms with Crippen molar-refractivity contribution in [1.29, 1.82) is 0 Å². The summed E-state index contributed by atoms with van der Waals surface area (Å²) in [6, 6.07) is 17.1. The normalized spacial score (nSPS) is 20.0. The molecule has 0 amide bonds. The van der Waals surface area contributed by atoms with Crippen LogP contribution in [-0.4, -0.2) is 38.4 Å². The van der Waals surface area contributed by atoms with Gasteiger partial charge in [-0.1, -0.05) is 42.5 Å². The fourth-order valence-corrected chi connectivity index (χ4v) is 4.40. The zero-order chi connectivity index (χ0) is 15.6. The molecule has 0 bridgehead atoms. The first-order chi connectivity index (χ1) is 10.6. The van der Waals surface area contributed by atoms with Gasteiger partial charge >= 0.3 is 0 Å². The lowest BCUT2D eigenvalue weighted by Gasteiger charge is -2.32. The Morgan fingerprint density at radius 1 is 1.00 bits per heavy atom. The monoisotopic (exact) mass is 316 g/mol. The highest BCUT2D eigenvalue weighted by Crippen LogP contribution is 2.24. The van der Waals surface area contributed by atoms with Crippen LogP contribution in [-0.2, 0) is 10.0 Å². The highest BCUT2D eigenvalue weighted by Gasteiger charge is 2.30. The molecule has 2 aromatic carbocycles. The summed E-state index contributed by atoms with van der Waals surface area (Å²) in [4.78, 5) is 0.362. The average molecular weight is 316 g/mol. The first-order valence-corrected chi connectivity index (χ1v) is 8.91. The fraction of sp³-hybridized carbons (Fsp3) is 0.294. The van der Waals surface area contributed by atoms with Gasteiger partial charge in [0.25, 0.3) is 0 Å². The summed E-state index contributed by atoms with van der Waals surface area (Å²) in [7, 11) is -3.42. The van der Waals surface area contributed by atoms with Crippen LogP contribution in [0.2, 0.25) is 0 Å². The second kappa shape index (κ2) is 6.20. The first kappa shape index (κ1) is 15.2. The van der Waals surface area contributed by atoms with E-state index in [9.17, 15) is 8.42 Å². The Bertz CT molecular complexity index is 727. The number of sulfonamides is 1. The topological polar surface area (TPSA) is 49.4 Å². The van der Waals surface area contributed by atoms with Crippen molar-refractivity contribution in [3.8, 4) is 11.1 Å². The van der Waals surface area contributed by atoms with E-state index in [0.717, 1.165) is 11.1 Å². The second-order valence-electron chi connectivity index (χ2n) is 5.56. The molecule has 0 saturated carbocycles. The van der Waals surface area contributed by atoms with E-state index in [1.54, 1.807) is 16.4 Å². The molecule has 3 rings (SSSR count). The van der Waals surface area contributed by atoms with E-state index in [2.05, 4.69) is 5.32 Å². The summed E-state index contributed by atoms with van der Waals surface area (Å²) < 4.78 is 27.1. The molecule has 1 atom stereocenters. The Labute approximate surface area is 131 Å². The number of piperazine rings is 1. The van der Waals surface area contributed by atoms with Gasteiger partial charge in [0.15, 0.2) is 0 Å². The molecule has 1 fully saturated rings. The molecule has 5 heteroatoms. The Balaban J connectivity index is 1.89. The zero-order valence-corrected chi connectivity index (χ0v) is 13.4. The van der Waals surface area contributed by atoms with Crippen LogP contribution in [0, 0.1) is 0 Å². The Morgan fingerprint density at radius 3 is 2.27 bits per heavy atom. The summed E-state index contributed by atoms with van der Waals surface area (Å²) in [5.74, 6) is 0. The van der Waals surface area contributed by atoms with Crippen LogP contribution in [0.4, 0.5) is 0 Å². The predicted molar refractivity (Wildman–Crippen MR) is 88.1 cm³/mol. The molecule has 1 saturated heterocycles. The van der Waals surface area contributed by atoms with Gasteiger partial charge in [0, 0.05) is 25.7 Å². The minimum absolute atomic E-state index is 0.0208. The van der Waals surface area contributed by atoms with Gasteiger partial charge in [-0.15, -0.1) is 0 Å². The third kappa shape index (κ3) is 2.92. The van der Waals surface area contributed by atoms with Gasteiger partial charge in [-0.3, -0.25) is 0 Å². The van der Waals surface area contributed by atoms with Gasteiger partial charge in [0.2, 0.25) is 10.0 Å². The Hall–Kier alpha value is -1.69. The van der Waals surface area contributed by atoms with Gasteiger partial charge < -0.3 is 5.32 Å². The van der Waals surface area contributed by atoms with Crippen LogP contribution in [0.5, 0.6) is 0 Å². The molecule has 0 aromatic heterocycles. The third-order valence-electron chi connectivity index (χ3n) is 4.01. The highest BCUT2D eigenvalue weighted by atomic mass is 32.2. The molecule has 0 spiro atoms. The summed E-state index contributed by atoms with van der Waals surface area (Å²) in [6.45, 7) is 3.85. The molecule has 1 aliphatic heterocycles. The third-order valence-corrected chi connectivity index (χ3v) is 6.04. The molecule has 1 unspecified atom stereocenters. The fourth-order valence-electron chi connectivity index (χ4n) is 2.76. The molecule has 0 radical (unpaired) electrons. The molecular weight excluding hydrogens is 296 g/mol. The van der Waals surface area contributed by atoms with Gasteiger partial charge in [-0.05, 0) is 30.2 Å². The predicted octanol–water partition coefficient (Wildman–Crippen LogP) is 2.34. The summed E-state index contributed by atoms with van der Waals surface area (Å²) in [5.41, 5.74) is 2.11. The van der Waals surface area contributed by atoms with Crippen molar-refractivity contribution < 1.29 is 8.42 Å². The first-order valence-electron chi connectivity index (χ1n) is 7.47. The van der Waals surface area contributed by atoms with Crippen molar-refractivity contribution in [2.45, 2.75) is 17.9 Å². The molecule has 1 heterocycles. The summed E-state index contributed by atoms with van der Waals surface area (Å²) >= 11 is 0. The number of nitrogens with zero attached hydrogens (tertiary/aromatic N) is 1. The van der Waals surface area contributed by atoms with E-state index >= 15 is 0 Å². The number of rotatable bonds is 3. The van der Waals surface area contributed by atoms with Crippen molar-refractivity contribution in [2.75, 3.05) is 19.6 Å². The van der Waals surface area contributed by atoms with Gasteiger partial charge in [-0.2, -0.15) is 4.31 Å². The molecule has 2 aromatic rings. The lowest BCUT2D eigenvalue weighted by Crippen LogP contribution is -2.52. The summed E-state index contributed by atoms with van der Waals surface area (Å²) in [6.07, 6.45) is 0. The molecule has 22 heavy (non-hydrogen) atoms.